The normalized spacial score (nSPS) is 17.0. The van der Waals surface area contributed by atoms with Crippen molar-refractivity contribution >= 4 is 12.0 Å². The molecule has 0 spiro atoms. The number of benzene rings is 2. The average molecular weight is 387 g/mol. The number of hydrogen-bond acceptors (Lipinski definition) is 3. The number of hydrogen-bond donors (Lipinski definition) is 0. The number of amides is 1. The van der Waals surface area contributed by atoms with E-state index in [2.05, 4.69) is 5.10 Å². The first-order valence-corrected chi connectivity index (χ1v) is 9.88. The zero-order valence-electron chi connectivity index (χ0n) is 16.8. The predicted molar refractivity (Wildman–Crippen MR) is 114 cm³/mol. The zero-order valence-corrected chi connectivity index (χ0v) is 16.8. The second-order valence-electron chi connectivity index (χ2n) is 7.22. The van der Waals surface area contributed by atoms with E-state index in [0.717, 1.165) is 28.2 Å². The lowest BCUT2D eigenvalue weighted by atomic mass is 10.1. The van der Waals surface area contributed by atoms with Crippen LogP contribution in [-0.2, 0) is 9.53 Å². The molecule has 1 fully saturated rings. The highest BCUT2D eigenvalue weighted by molar-refractivity contribution is 5.92. The molecular formula is C24H25N3O2. The van der Waals surface area contributed by atoms with Crippen LogP contribution in [0.4, 0.5) is 0 Å². The molecule has 0 bridgehead atoms. The van der Waals surface area contributed by atoms with Gasteiger partial charge in [0.05, 0.1) is 24.5 Å². The standard InChI is InChI=1S/C24H25N3O2/c1-18-22(19(2)27(25-18)21-11-7-4-8-12-21)13-14-24(28)26-15-16-29-23(17-26)20-9-5-3-6-10-20/h3-14,23H,15-17H2,1-2H3/b14-13+. The highest BCUT2D eigenvalue weighted by atomic mass is 16.5. The lowest BCUT2D eigenvalue weighted by Gasteiger charge is -2.32. The van der Waals surface area contributed by atoms with E-state index >= 15 is 0 Å². The first-order chi connectivity index (χ1) is 14.1. The van der Waals surface area contributed by atoms with Gasteiger partial charge in [-0.15, -0.1) is 0 Å². The Morgan fingerprint density at radius 2 is 1.76 bits per heavy atom. The number of para-hydroxylation sites is 1. The third-order valence-electron chi connectivity index (χ3n) is 5.29. The molecule has 1 aromatic heterocycles. The molecule has 1 atom stereocenters. The lowest BCUT2D eigenvalue weighted by Crippen LogP contribution is -2.41. The number of carbonyl (C=O) groups is 1. The van der Waals surface area contributed by atoms with E-state index < -0.39 is 0 Å². The maximum Gasteiger partial charge on any atom is 0.246 e. The molecular weight excluding hydrogens is 362 g/mol. The zero-order chi connectivity index (χ0) is 20.2. The van der Waals surface area contributed by atoms with E-state index in [-0.39, 0.29) is 12.0 Å². The van der Waals surface area contributed by atoms with Crippen molar-refractivity contribution in [1.29, 1.82) is 0 Å². The van der Waals surface area contributed by atoms with E-state index in [1.54, 1.807) is 6.08 Å². The molecule has 3 aromatic rings. The third kappa shape index (κ3) is 4.15. The molecule has 148 valence electrons. The summed E-state index contributed by atoms with van der Waals surface area (Å²) in [5.41, 5.74) is 5.01. The molecule has 1 aliphatic rings. The quantitative estimate of drug-likeness (QED) is 0.633. The van der Waals surface area contributed by atoms with E-state index in [1.165, 1.54) is 0 Å². The van der Waals surface area contributed by atoms with Gasteiger partial charge in [-0.1, -0.05) is 48.5 Å². The summed E-state index contributed by atoms with van der Waals surface area (Å²) in [4.78, 5) is 14.7. The fourth-order valence-corrected chi connectivity index (χ4v) is 3.70. The van der Waals surface area contributed by atoms with Crippen LogP contribution in [0.25, 0.3) is 11.8 Å². The minimum atomic E-state index is -0.0772. The molecule has 29 heavy (non-hydrogen) atoms. The summed E-state index contributed by atoms with van der Waals surface area (Å²) in [6.45, 7) is 5.71. The number of morpholine rings is 1. The van der Waals surface area contributed by atoms with Crippen molar-refractivity contribution in [3.05, 3.63) is 89.3 Å². The summed E-state index contributed by atoms with van der Waals surface area (Å²) in [5.74, 6) is 0.000456. The number of ether oxygens (including phenoxy) is 1. The minimum absolute atomic E-state index is 0.000456. The van der Waals surface area contributed by atoms with Crippen LogP contribution in [0, 0.1) is 13.8 Å². The summed E-state index contributed by atoms with van der Waals surface area (Å²) >= 11 is 0. The van der Waals surface area contributed by atoms with Crippen LogP contribution in [0.15, 0.2) is 66.7 Å². The van der Waals surface area contributed by atoms with Crippen LogP contribution in [0.2, 0.25) is 0 Å². The molecule has 1 aliphatic heterocycles. The molecule has 5 heteroatoms. The summed E-state index contributed by atoms with van der Waals surface area (Å²) in [6.07, 6.45) is 3.46. The summed E-state index contributed by atoms with van der Waals surface area (Å²) in [6, 6.07) is 20.1. The summed E-state index contributed by atoms with van der Waals surface area (Å²) in [5, 5.41) is 4.64. The van der Waals surface area contributed by atoms with Crippen molar-refractivity contribution in [2.24, 2.45) is 0 Å². The molecule has 5 nitrogen and oxygen atoms in total. The maximum atomic E-state index is 12.8. The minimum Gasteiger partial charge on any atom is -0.370 e. The first-order valence-electron chi connectivity index (χ1n) is 9.88. The summed E-state index contributed by atoms with van der Waals surface area (Å²) < 4.78 is 7.78. The van der Waals surface area contributed by atoms with Gasteiger partial charge in [0, 0.05) is 23.9 Å². The van der Waals surface area contributed by atoms with Crippen molar-refractivity contribution in [3.63, 3.8) is 0 Å². The second kappa shape index (κ2) is 8.45. The fraction of sp³-hybridized carbons (Fsp3) is 0.250. The number of rotatable bonds is 4. The van der Waals surface area contributed by atoms with Gasteiger partial charge >= 0.3 is 0 Å². The molecule has 0 aliphatic carbocycles. The highest BCUT2D eigenvalue weighted by Crippen LogP contribution is 2.23. The highest BCUT2D eigenvalue weighted by Gasteiger charge is 2.24. The molecule has 1 unspecified atom stereocenters. The molecule has 0 N–H and O–H groups in total. The van der Waals surface area contributed by atoms with Crippen LogP contribution < -0.4 is 0 Å². The average Bonchev–Trinajstić information content (AvgIpc) is 3.06. The van der Waals surface area contributed by atoms with Crippen molar-refractivity contribution in [1.82, 2.24) is 14.7 Å². The third-order valence-corrected chi connectivity index (χ3v) is 5.29. The maximum absolute atomic E-state index is 12.8. The number of nitrogens with zero attached hydrogens (tertiary/aromatic N) is 3. The Morgan fingerprint density at radius 3 is 2.48 bits per heavy atom. The molecule has 2 aromatic carbocycles. The Kier molecular flexibility index (Phi) is 5.58. The Morgan fingerprint density at radius 1 is 1.07 bits per heavy atom. The number of aryl methyl sites for hydroxylation is 1. The smallest absolute Gasteiger partial charge is 0.246 e. The van der Waals surface area contributed by atoms with Gasteiger partial charge in [-0.2, -0.15) is 5.10 Å². The van der Waals surface area contributed by atoms with Crippen LogP contribution >= 0.6 is 0 Å². The van der Waals surface area contributed by atoms with Gasteiger partial charge in [-0.25, -0.2) is 4.68 Å². The van der Waals surface area contributed by atoms with Crippen LogP contribution in [-0.4, -0.2) is 40.3 Å². The largest absolute Gasteiger partial charge is 0.370 e. The first kappa shape index (κ1) is 19.2. The van der Waals surface area contributed by atoms with Gasteiger partial charge in [0.25, 0.3) is 0 Å². The van der Waals surface area contributed by atoms with E-state index in [0.29, 0.717) is 19.7 Å². The van der Waals surface area contributed by atoms with Crippen LogP contribution in [0.1, 0.15) is 28.6 Å². The van der Waals surface area contributed by atoms with Crippen molar-refractivity contribution in [2.45, 2.75) is 20.0 Å². The van der Waals surface area contributed by atoms with Gasteiger partial charge in [0.15, 0.2) is 0 Å². The predicted octanol–water partition coefficient (Wildman–Crippen LogP) is 4.10. The molecule has 1 amide bonds. The SMILES string of the molecule is Cc1nn(-c2ccccc2)c(C)c1/C=C/C(=O)N1CCOC(c2ccccc2)C1. The lowest BCUT2D eigenvalue weighted by molar-refractivity contribution is -0.133. The molecule has 0 saturated carbocycles. The second-order valence-corrected chi connectivity index (χ2v) is 7.22. The van der Waals surface area contributed by atoms with Crippen LogP contribution in [0.5, 0.6) is 0 Å². The molecule has 4 rings (SSSR count). The van der Waals surface area contributed by atoms with Gasteiger partial charge in [-0.3, -0.25) is 4.79 Å². The molecule has 1 saturated heterocycles. The molecule has 0 radical (unpaired) electrons. The van der Waals surface area contributed by atoms with Crippen molar-refractivity contribution < 1.29 is 9.53 Å². The Bertz CT molecular complexity index is 1010. The van der Waals surface area contributed by atoms with Gasteiger partial charge < -0.3 is 9.64 Å². The monoisotopic (exact) mass is 387 g/mol. The van der Waals surface area contributed by atoms with Crippen molar-refractivity contribution in [2.75, 3.05) is 19.7 Å². The van der Waals surface area contributed by atoms with E-state index in [4.69, 9.17) is 4.74 Å². The fourth-order valence-electron chi connectivity index (χ4n) is 3.70. The Hall–Kier alpha value is -3.18. The Balaban J connectivity index is 1.49. The van der Waals surface area contributed by atoms with Gasteiger partial charge in [0.2, 0.25) is 5.91 Å². The van der Waals surface area contributed by atoms with E-state index in [1.807, 2.05) is 90.2 Å². The van der Waals surface area contributed by atoms with Crippen molar-refractivity contribution in [3.8, 4) is 5.69 Å². The summed E-state index contributed by atoms with van der Waals surface area (Å²) in [7, 11) is 0. The van der Waals surface area contributed by atoms with E-state index in [9.17, 15) is 4.79 Å². The van der Waals surface area contributed by atoms with Crippen LogP contribution in [0.3, 0.4) is 0 Å². The van der Waals surface area contributed by atoms with Gasteiger partial charge in [-0.05, 0) is 37.6 Å². The molecule has 2 heterocycles. The number of carbonyl (C=O) groups excluding carboxylic acids is 1. The Labute approximate surface area is 171 Å². The number of aromatic nitrogens is 2. The topological polar surface area (TPSA) is 47.4 Å². The van der Waals surface area contributed by atoms with Gasteiger partial charge in [0.1, 0.15) is 6.10 Å².